The molecule has 0 unspecified atom stereocenters. The van der Waals surface area contributed by atoms with E-state index in [2.05, 4.69) is 64.6 Å². The summed E-state index contributed by atoms with van der Waals surface area (Å²) < 4.78 is 7.68. The predicted octanol–water partition coefficient (Wildman–Crippen LogP) is 5.82. The summed E-state index contributed by atoms with van der Waals surface area (Å²) in [7, 11) is 1.70. The highest BCUT2D eigenvalue weighted by Gasteiger charge is 2.37. The number of ether oxygens (including phenoxy) is 1. The molecule has 0 spiro atoms. The molecule has 0 bridgehead atoms. The summed E-state index contributed by atoms with van der Waals surface area (Å²) in [4.78, 5) is 14.1. The topological polar surface area (TPSA) is 52.8 Å². The third kappa shape index (κ3) is 4.28. The summed E-state index contributed by atoms with van der Waals surface area (Å²) in [5.74, 6) is 1.66. The SMILES string of the molecule is COc1cc(Cc2nccc(C3(c4ccccc4)CCCCC3)n2)ccc1-n1cnc(C)c1. The molecule has 1 fully saturated rings. The Hall–Kier alpha value is -3.47. The van der Waals surface area contributed by atoms with Crippen molar-refractivity contribution in [1.82, 2.24) is 19.5 Å². The predicted molar refractivity (Wildman–Crippen MR) is 130 cm³/mol. The van der Waals surface area contributed by atoms with E-state index in [1.54, 1.807) is 7.11 Å². The van der Waals surface area contributed by atoms with Crippen molar-refractivity contribution in [2.45, 2.75) is 50.9 Å². The van der Waals surface area contributed by atoms with Crippen molar-refractivity contribution in [1.29, 1.82) is 0 Å². The Morgan fingerprint density at radius 3 is 2.52 bits per heavy atom. The largest absolute Gasteiger partial charge is 0.495 e. The monoisotopic (exact) mass is 438 g/mol. The Bertz CT molecular complexity index is 1230. The van der Waals surface area contributed by atoms with Crippen LogP contribution in [0.15, 0.2) is 73.3 Å². The van der Waals surface area contributed by atoms with Crippen LogP contribution in [0.3, 0.4) is 0 Å². The molecule has 0 aliphatic heterocycles. The maximum atomic E-state index is 5.69. The Balaban J connectivity index is 1.46. The van der Waals surface area contributed by atoms with Gasteiger partial charge in [0.25, 0.3) is 0 Å². The molecule has 5 rings (SSSR count). The molecule has 0 atom stereocenters. The normalized spacial score (nSPS) is 15.3. The van der Waals surface area contributed by atoms with Gasteiger partial charge in [-0.15, -0.1) is 0 Å². The Kier molecular flexibility index (Phi) is 5.95. The smallest absolute Gasteiger partial charge is 0.143 e. The van der Waals surface area contributed by atoms with Gasteiger partial charge in [0.15, 0.2) is 0 Å². The lowest BCUT2D eigenvalue weighted by Crippen LogP contribution is -2.32. The van der Waals surface area contributed by atoms with Crippen molar-refractivity contribution in [3.05, 3.63) is 102 Å². The fourth-order valence-corrected chi connectivity index (χ4v) is 5.14. The second-order valence-corrected chi connectivity index (χ2v) is 8.97. The van der Waals surface area contributed by atoms with Crippen LogP contribution < -0.4 is 4.74 Å². The van der Waals surface area contributed by atoms with E-state index in [1.807, 2.05) is 30.2 Å². The number of aromatic nitrogens is 4. The first-order valence-electron chi connectivity index (χ1n) is 11.7. The molecule has 1 aliphatic carbocycles. The highest BCUT2D eigenvalue weighted by Crippen LogP contribution is 2.44. The average Bonchev–Trinajstić information content (AvgIpc) is 3.31. The molecule has 33 heavy (non-hydrogen) atoms. The zero-order chi connectivity index (χ0) is 22.7. The quantitative estimate of drug-likeness (QED) is 0.381. The minimum absolute atomic E-state index is 0.0158. The van der Waals surface area contributed by atoms with Crippen LogP contribution in [0.4, 0.5) is 0 Å². The number of imidazole rings is 1. The maximum Gasteiger partial charge on any atom is 0.143 e. The molecule has 0 N–H and O–H groups in total. The zero-order valence-corrected chi connectivity index (χ0v) is 19.4. The molecule has 5 heteroatoms. The molecule has 4 aromatic rings. The first-order valence-corrected chi connectivity index (χ1v) is 11.7. The Labute approximate surface area is 195 Å². The van der Waals surface area contributed by atoms with Crippen molar-refractivity contribution in [2.24, 2.45) is 0 Å². The molecular weight excluding hydrogens is 408 g/mol. The fraction of sp³-hybridized carbons (Fsp3) is 0.321. The van der Waals surface area contributed by atoms with E-state index < -0.39 is 0 Å². The van der Waals surface area contributed by atoms with E-state index in [0.717, 1.165) is 47.1 Å². The second kappa shape index (κ2) is 9.18. The van der Waals surface area contributed by atoms with Gasteiger partial charge in [0.2, 0.25) is 0 Å². The van der Waals surface area contributed by atoms with Crippen molar-refractivity contribution >= 4 is 0 Å². The van der Waals surface area contributed by atoms with Crippen LogP contribution in [-0.2, 0) is 11.8 Å². The van der Waals surface area contributed by atoms with Gasteiger partial charge in [0, 0.05) is 24.2 Å². The van der Waals surface area contributed by atoms with Gasteiger partial charge in [-0.1, -0.05) is 55.7 Å². The standard InChI is InChI=1S/C28H30N4O/c1-21-19-32(20-30-21)24-12-11-22(17-25(24)33-2)18-27-29-16-13-26(31-27)28(14-7-4-8-15-28)23-9-5-3-6-10-23/h3,5-6,9-13,16-17,19-20H,4,7-8,14-15,18H2,1-2H3. The Morgan fingerprint density at radius 1 is 0.970 bits per heavy atom. The third-order valence-corrected chi connectivity index (χ3v) is 6.83. The van der Waals surface area contributed by atoms with E-state index >= 15 is 0 Å². The number of nitrogens with zero attached hydrogens (tertiary/aromatic N) is 4. The minimum atomic E-state index is -0.0158. The number of aryl methyl sites for hydroxylation is 1. The van der Waals surface area contributed by atoms with Crippen molar-refractivity contribution in [3.63, 3.8) is 0 Å². The summed E-state index contributed by atoms with van der Waals surface area (Å²) in [6.07, 6.45) is 12.5. The molecular formula is C28H30N4O. The first kappa shape index (κ1) is 21.4. The van der Waals surface area contributed by atoms with Crippen LogP contribution in [0, 0.1) is 6.92 Å². The number of methoxy groups -OCH3 is 1. The number of hydrogen-bond acceptors (Lipinski definition) is 4. The van der Waals surface area contributed by atoms with Gasteiger partial charge in [-0.05, 0) is 49.1 Å². The lowest BCUT2D eigenvalue weighted by atomic mass is 9.67. The molecule has 0 saturated heterocycles. The molecule has 1 aliphatic rings. The van der Waals surface area contributed by atoms with Gasteiger partial charge in [0.05, 0.1) is 30.5 Å². The van der Waals surface area contributed by atoms with Crippen LogP contribution >= 0.6 is 0 Å². The van der Waals surface area contributed by atoms with E-state index in [9.17, 15) is 0 Å². The molecule has 1 saturated carbocycles. The van der Waals surface area contributed by atoms with Crippen LogP contribution in [0.2, 0.25) is 0 Å². The lowest BCUT2D eigenvalue weighted by molar-refractivity contribution is 0.337. The molecule has 0 radical (unpaired) electrons. The van der Waals surface area contributed by atoms with E-state index in [1.165, 1.54) is 24.8 Å². The zero-order valence-electron chi connectivity index (χ0n) is 19.4. The maximum absolute atomic E-state index is 5.69. The van der Waals surface area contributed by atoms with Gasteiger partial charge in [-0.2, -0.15) is 0 Å². The van der Waals surface area contributed by atoms with E-state index in [0.29, 0.717) is 6.42 Å². The van der Waals surface area contributed by atoms with Crippen LogP contribution in [0.25, 0.3) is 5.69 Å². The summed E-state index contributed by atoms with van der Waals surface area (Å²) in [6.45, 7) is 1.98. The van der Waals surface area contributed by atoms with Crippen molar-refractivity contribution < 1.29 is 4.74 Å². The van der Waals surface area contributed by atoms with Crippen LogP contribution in [0.1, 0.15) is 60.4 Å². The number of hydrogen-bond donors (Lipinski definition) is 0. The second-order valence-electron chi connectivity index (χ2n) is 8.97. The van der Waals surface area contributed by atoms with Gasteiger partial charge < -0.3 is 9.30 Å². The fourth-order valence-electron chi connectivity index (χ4n) is 5.14. The van der Waals surface area contributed by atoms with Gasteiger partial charge in [-0.25, -0.2) is 15.0 Å². The molecule has 0 amide bonds. The van der Waals surface area contributed by atoms with Crippen molar-refractivity contribution in [2.75, 3.05) is 7.11 Å². The van der Waals surface area contributed by atoms with E-state index in [4.69, 9.17) is 9.72 Å². The molecule has 2 heterocycles. The van der Waals surface area contributed by atoms with Gasteiger partial charge >= 0.3 is 0 Å². The Morgan fingerprint density at radius 2 is 1.79 bits per heavy atom. The molecule has 2 aromatic heterocycles. The van der Waals surface area contributed by atoms with Gasteiger partial charge in [0.1, 0.15) is 11.6 Å². The third-order valence-electron chi connectivity index (χ3n) is 6.83. The number of rotatable bonds is 6. The minimum Gasteiger partial charge on any atom is -0.495 e. The molecule has 5 nitrogen and oxygen atoms in total. The van der Waals surface area contributed by atoms with E-state index in [-0.39, 0.29) is 5.41 Å². The highest BCUT2D eigenvalue weighted by molar-refractivity contribution is 5.49. The summed E-state index contributed by atoms with van der Waals surface area (Å²) in [5, 5.41) is 0. The van der Waals surface area contributed by atoms with Crippen LogP contribution in [0.5, 0.6) is 5.75 Å². The summed E-state index contributed by atoms with van der Waals surface area (Å²) in [6, 6.07) is 19.3. The molecule has 168 valence electrons. The average molecular weight is 439 g/mol. The van der Waals surface area contributed by atoms with Crippen LogP contribution in [-0.4, -0.2) is 26.6 Å². The number of benzene rings is 2. The summed E-state index contributed by atoms with van der Waals surface area (Å²) >= 11 is 0. The molecule has 2 aromatic carbocycles. The lowest BCUT2D eigenvalue weighted by Gasteiger charge is -2.37. The first-order chi connectivity index (χ1) is 16.2. The summed E-state index contributed by atoms with van der Waals surface area (Å²) in [5.41, 5.74) is 5.58. The highest BCUT2D eigenvalue weighted by atomic mass is 16.5. The van der Waals surface area contributed by atoms with Crippen molar-refractivity contribution in [3.8, 4) is 11.4 Å². The van der Waals surface area contributed by atoms with Gasteiger partial charge in [-0.3, -0.25) is 0 Å².